The van der Waals surface area contributed by atoms with Gasteiger partial charge in [-0.3, -0.25) is 14.4 Å². The zero-order valence-corrected chi connectivity index (χ0v) is 16.0. The summed E-state index contributed by atoms with van der Waals surface area (Å²) in [4.78, 5) is 40.2. The van der Waals surface area contributed by atoms with Crippen LogP contribution in [0.5, 0.6) is 0 Å². The molecule has 8 heteroatoms. The molecule has 3 aromatic rings. The molecule has 1 heterocycles. The maximum absolute atomic E-state index is 12.5. The van der Waals surface area contributed by atoms with Crippen molar-refractivity contribution >= 4 is 34.8 Å². The standard InChI is InChI=1S/C22H17N5O3/c1-14(28)24-16-9-11-17(12-10-16)25-21(29)19-7-4-8-20(26-19)22(30)27-18-6-3-2-5-15(18)13-23/h2-12H,1H3,(H,24,28)(H,25,29)(H,27,30). The Morgan fingerprint density at radius 3 is 1.93 bits per heavy atom. The molecule has 0 atom stereocenters. The molecule has 0 spiro atoms. The van der Waals surface area contributed by atoms with Crippen molar-refractivity contribution in [1.29, 1.82) is 5.26 Å². The van der Waals surface area contributed by atoms with Gasteiger partial charge in [-0.05, 0) is 48.5 Å². The molecule has 0 bridgehead atoms. The zero-order chi connectivity index (χ0) is 21.5. The summed E-state index contributed by atoms with van der Waals surface area (Å²) in [7, 11) is 0. The number of anilines is 3. The quantitative estimate of drug-likeness (QED) is 0.606. The molecule has 3 N–H and O–H groups in total. The Morgan fingerprint density at radius 1 is 0.767 bits per heavy atom. The van der Waals surface area contributed by atoms with Gasteiger partial charge in [0, 0.05) is 18.3 Å². The lowest BCUT2D eigenvalue weighted by atomic mass is 10.2. The van der Waals surface area contributed by atoms with Crippen LogP contribution in [-0.4, -0.2) is 22.7 Å². The minimum absolute atomic E-state index is 0.0383. The lowest BCUT2D eigenvalue weighted by molar-refractivity contribution is -0.114. The summed E-state index contributed by atoms with van der Waals surface area (Å²) in [6.45, 7) is 1.41. The van der Waals surface area contributed by atoms with Gasteiger partial charge in [0.2, 0.25) is 5.91 Å². The predicted molar refractivity (Wildman–Crippen MR) is 112 cm³/mol. The third-order valence-corrected chi connectivity index (χ3v) is 3.97. The van der Waals surface area contributed by atoms with Gasteiger partial charge in [-0.15, -0.1) is 0 Å². The molecule has 0 aliphatic carbocycles. The Bertz CT molecular complexity index is 1150. The van der Waals surface area contributed by atoms with Crippen LogP contribution >= 0.6 is 0 Å². The maximum atomic E-state index is 12.5. The summed E-state index contributed by atoms with van der Waals surface area (Å²) in [6.07, 6.45) is 0. The highest BCUT2D eigenvalue weighted by Crippen LogP contribution is 2.16. The molecular weight excluding hydrogens is 382 g/mol. The third kappa shape index (κ3) is 5.05. The summed E-state index contributed by atoms with van der Waals surface area (Å²) in [5.41, 5.74) is 1.89. The van der Waals surface area contributed by atoms with E-state index in [-0.39, 0.29) is 17.3 Å². The molecule has 0 aliphatic rings. The average molecular weight is 399 g/mol. The molecule has 3 amide bonds. The predicted octanol–water partition coefficient (Wildman–Crippen LogP) is 3.42. The van der Waals surface area contributed by atoms with Gasteiger partial charge in [-0.25, -0.2) is 4.98 Å². The average Bonchev–Trinajstić information content (AvgIpc) is 2.75. The molecule has 0 fully saturated rings. The molecule has 1 aromatic heterocycles. The number of pyridine rings is 1. The Kier molecular flexibility index (Phi) is 6.15. The molecule has 3 rings (SSSR count). The number of hydrogen-bond acceptors (Lipinski definition) is 5. The number of para-hydroxylation sites is 1. The van der Waals surface area contributed by atoms with Crippen LogP contribution in [0.4, 0.5) is 17.1 Å². The van der Waals surface area contributed by atoms with Crippen molar-refractivity contribution < 1.29 is 14.4 Å². The van der Waals surface area contributed by atoms with E-state index in [1.807, 2.05) is 6.07 Å². The van der Waals surface area contributed by atoms with Gasteiger partial charge in [0.1, 0.15) is 17.5 Å². The topological polar surface area (TPSA) is 124 Å². The van der Waals surface area contributed by atoms with Gasteiger partial charge in [-0.2, -0.15) is 5.26 Å². The fourth-order valence-electron chi connectivity index (χ4n) is 2.60. The number of benzene rings is 2. The summed E-state index contributed by atoms with van der Waals surface area (Å²) in [6, 6.07) is 19.7. The van der Waals surface area contributed by atoms with Gasteiger partial charge in [-0.1, -0.05) is 18.2 Å². The summed E-state index contributed by atoms with van der Waals surface area (Å²) < 4.78 is 0. The Labute approximate surface area is 172 Å². The van der Waals surface area contributed by atoms with Crippen molar-refractivity contribution in [3.05, 3.63) is 83.7 Å². The minimum atomic E-state index is -0.535. The number of carbonyl (C=O) groups is 3. The molecule has 0 saturated heterocycles. The van der Waals surface area contributed by atoms with Crippen LogP contribution in [0.1, 0.15) is 33.5 Å². The van der Waals surface area contributed by atoms with Crippen LogP contribution in [0.2, 0.25) is 0 Å². The molecule has 0 saturated carbocycles. The number of hydrogen-bond donors (Lipinski definition) is 3. The van der Waals surface area contributed by atoms with Crippen molar-refractivity contribution in [2.24, 2.45) is 0 Å². The fourth-order valence-corrected chi connectivity index (χ4v) is 2.60. The first kappa shape index (κ1) is 20.2. The second-order valence-electron chi connectivity index (χ2n) is 6.23. The summed E-state index contributed by atoms with van der Waals surface area (Å²) >= 11 is 0. The van der Waals surface area contributed by atoms with E-state index in [9.17, 15) is 14.4 Å². The van der Waals surface area contributed by atoms with Crippen LogP contribution in [0.15, 0.2) is 66.7 Å². The Hall–Kier alpha value is -4.51. The number of nitriles is 1. The van der Waals surface area contributed by atoms with E-state index in [0.717, 1.165) is 0 Å². The highest BCUT2D eigenvalue weighted by atomic mass is 16.2. The van der Waals surface area contributed by atoms with E-state index in [1.54, 1.807) is 54.6 Å². The first-order valence-corrected chi connectivity index (χ1v) is 8.93. The van der Waals surface area contributed by atoms with Crippen molar-refractivity contribution in [2.45, 2.75) is 6.92 Å². The van der Waals surface area contributed by atoms with E-state index in [1.165, 1.54) is 19.1 Å². The van der Waals surface area contributed by atoms with Crippen LogP contribution in [-0.2, 0) is 4.79 Å². The van der Waals surface area contributed by atoms with E-state index in [4.69, 9.17) is 5.26 Å². The van der Waals surface area contributed by atoms with Gasteiger partial charge < -0.3 is 16.0 Å². The first-order valence-electron chi connectivity index (χ1n) is 8.93. The highest BCUT2D eigenvalue weighted by molar-refractivity contribution is 6.06. The van der Waals surface area contributed by atoms with Crippen molar-refractivity contribution in [3.8, 4) is 6.07 Å². The van der Waals surface area contributed by atoms with E-state index in [0.29, 0.717) is 22.6 Å². The van der Waals surface area contributed by atoms with E-state index >= 15 is 0 Å². The molecule has 2 aromatic carbocycles. The number of amides is 3. The second kappa shape index (κ2) is 9.12. The molecule has 148 valence electrons. The van der Waals surface area contributed by atoms with Gasteiger partial charge in [0.25, 0.3) is 11.8 Å². The van der Waals surface area contributed by atoms with Crippen molar-refractivity contribution in [1.82, 2.24) is 4.98 Å². The Morgan fingerprint density at radius 2 is 1.33 bits per heavy atom. The lowest BCUT2D eigenvalue weighted by Gasteiger charge is -2.09. The van der Waals surface area contributed by atoms with Gasteiger partial charge in [0.15, 0.2) is 0 Å². The number of nitrogens with one attached hydrogen (secondary N) is 3. The Balaban J connectivity index is 1.71. The normalized spacial score (nSPS) is 9.87. The maximum Gasteiger partial charge on any atom is 0.274 e. The van der Waals surface area contributed by atoms with Gasteiger partial charge in [0.05, 0.1) is 11.3 Å². The number of carbonyl (C=O) groups excluding carboxylic acids is 3. The SMILES string of the molecule is CC(=O)Nc1ccc(NC(=O)c2cccc(C(=O)Nc3ccccc3C#N)n2)cc1. The van der Waals surface area contributed by atoms with Crippen molar-refractivity contribution in [2.75, 3.05) is 16.0 Å². The van der Waals surface area contributed by atoms with E-state index < -0.39 is 11.8 Å². The third-order valence-electron chi connectivity index (χ3n) is 3.97. The largest absolute Gasteiger partial charge is 0.326 e. The zero-order valence-electron chi connectivity index (χ0n) is 16.0. The number of aromatic nitrogens is 1. The molecular formula is C22H17N5O3. The monoisotopic (exact) mass is 399 g/mol. The molecule has 30 heavy (non-hydrogen) atoms. The van der Waals surface area contributed by atoms with Crippen LogP contribution in [0, 0.1) is 11.3 Å². The molecule has 0 unspecified atom stereocenters. The van der Waals surface area contributed by atoms with Crippen LogP contribution in [0.25, 0.3) is 0 Å². The number of nitrogens with zero attached hydrogens (tertiary/aromatic N) is 2. The molecule has 0 radical (unpaired) electrons. The second-order valence-corrected chi connectivity index (χ2v) is 6.23. The first-order chi connectivity index (χ1) is 14.5. The highest BCUT2D eigenvalue weighted by Gasteiger charge is 2.14. The molecule has 8 nitrogen and oxygen atoms in total. The minimum Gasteiger partial charge on any atom is -0.326 e. The van der Waals surface area contributed by atoms with Crippen molar-refractivity contribution in [3.63, 3.8) is 0 Å². The summed E-state index contributed by atoms with van der Waals surface area (Å²) in [5, 5.41) is 17.1. The smallest absolute Gasteiger partial charge is 0.274 e. The number of rotatable bonds is 5. The van der Waals surface area contributed by atoms with Gasteiger partial charge >= 0.3 is 0 Å². The molecule has 0 aliphatic heterocycles. The summed E-state index contributed by atoms with van der Waals surface area (Å²) in [5.74, 6) is -1.22. The van der Waals surface area contributed by atoms with Crippen LogP contribution in [0.3, 0.4) is 0 Å². The van der Waals surface area contributed by atoms with Crippen LogP contribution < -0.4 is 16.0 Å². The lowest BCUT2D eigenvalue weighted by Crippen LogP contribution is -2.18. The fraction of sp³-hybridized carbons (Fsp3) is 0.0455. The van der Waals surface area contributed by atoms with E-state index in [2.05, 4.69) is 20.9 Å².